The summed E-state index contributed by atoms with van der Waals surface area (Å²) in [6, 6.07) is 8.61. The van der Waals surface area contributed by atoms with E-state index in [4.69, 9.17) is 9.47 Å². The summed E-state index contributed by atoms with van der Waals surface area (Å²) < 4.78 is 11.4. The Morgan fingerprint density at radius 2 is 2.04 bits per heavy atom. The number of aromatic nitrogens is 3. The Balaban J connectivity index is 2.18. The van der Waals surface area contributed by atoms with Gasteiger partial charge < -0.3 is 9.47 Å². The van der Waals surface area contributed by atoms with Crippen LogP contribution in [0.5, 0.6) is 0 Å². The Hall–Kier alpha value is -1.51. The number of rotatable bonds is 7. The smallest absolute Gasteiger partial charge is 0.360 e. The number of benzene rings is 1. The fourth-order valence-electron chi connectivity index (χ4n) is 1.99. The Morgan fingerprint density at radius 1 is 1.29 bits per heavy atom. The molecule has 1 aromatic carbocycles. The van der Waals surface area contributed by atoms with Crippen molar-refractivity contribution >= 4 is 30.0 Å². The molecule has 0 saturated heterocycles. The van der Waals surface area contributed by atoms with E-state index in [-0.39, 0.29) is 12.4 Å². The van der Waals surface area contributed by atoms with Gasteiger partial charge in [0.1, 0.15) is 5.69 Å². The summed E-state index contributed by atoms with van der Waals surface area (Å²) in [5.74, 6) is -0.515. The molecule has 0 saturated carbocycles. The van der Waals surface area contributed by atoms with Crippen LogP contribution in [0.25, 0.3) is 11.3 Å². The molecule has 0 N–H and O–H groups in total. The first-order chi connectivity index (χ1) is 11.3. The molecule has 0 aliphatic carbocycles. The van der Waals surface area contributed by atoms with E-state index in [1.54, 1.807) is 0 Å². The van der Waals surface area contributed by atoms with Crippen LogP contribution in [0.2, 0.25) is 25.7 Å². The highest BCUT2D eigenvalue weighted by molar-refractivity contribution is 9.10. The summed E-state index contributed by atoms with van der Waals surface area (Å²) in [6.07, 6.45) is 0. The van der Waals surface area contributed by atoms with Gasteiger partial charge in [-0.15, -0.1) is 5.10 Å². The van der Waals surface area contributed by atoms with E-state index in [0.717, 1.165) is 16.1 Å². The van der Waals surface area contributed by atoms with E-state index in [9.17, 15) is 4.79 Å². The van der Waals surface area contributed by atoms with Crippen molar-refractivity contribution in [1.29, 1.82) is 0 Å². The summed E-state index contributed by atoms with van der Waals surface area (Å²) >= 11 is 3.42. The van der Waals surface area contributed by atoms with Crippen LogP contribution in [0.15, 0.2) is 28.7 Å². The largest absolute Gasteiger partial charge is 0.464 e. The molecular formula is C16H22BrN3O3Si. The average Bonchev–Trinajstić information content (AvgIpc) is 2.94. The van der Waals surface area contributed by atoms with E-state index >= 15 is 0 Å². The van der Waals surface area contributed by atoms with Gasteiger partial charge in [0, 0.05) is 24.7 Å². The number of nitrogens with zero attached hydrogens (tertiary/aromatic N) is 3. The van der Waals surface area contributed by atoms with Crippen LogP contribution in [0.4, 0.5) is 0 Å². The van der Waals surface area contributed by atoms with Gasteiger partial charge in [0.25, 0.3) is 0 Å². The van der Waals surface area contributed by atoms with E-state index in [0.29, 0.717) is 12.3 Å². The fraction of sp³-hybridized carbons (Fsp3) is 0.438. The topological polar surface area (TPSA) is 66.2 Å². The predicted octanol–water partition coefficient (Wildman–Crippen LogP) is 3.81. The summed E-state index contributed by atoms with van der Waals surface area (Å²) in [6.45, 7) is 7.76. The zero-order valence-electron chi connectivity index (χ0n) is 14.4. The van der Waals surface area contributed by atoms with Crippen molar-refractivity contribution in [2.45, 2.75) is 32.4 Å². The Kier molecular flexibility index (Phi) is 6.31. The molecule has 0 fully saturated rings. The third-order valence-electron chi connectivity index (χ3n) is 3.34. The first-order valence-electron chi connectivity index (χ1n) is 7.67. The van der Waals surface area contributed by atoms with Crippen molar-refractivity contribution in [1.82, 2.24) is 15.0 Å². The second-order valence-corrected chi connectivity index (χ2v) is 13.2. The van der Waals surface area contributed by atoms with Gasteiger partial charge in [-0.1, -0.05) is 47.7 Å². The third-order valence-corrected chi connectivity index (χ3v) is 5.53. The molecule has 0 aliphatic rings. The lowest BCUT2D eigenvalue weighted by Crippen LogP contribution is -2.22. The van der Waals surface area contributed by atoms with Gasteiger partial charge in [-0.3, -0.25) is 0 Å². The molecule has 2 rings (SSSR count). The molecule has 8 heteroatoms. The molecule has 1 heterocycles. The van der Waals surface area contributed by atoms with Crippen molar-refractivity contribution in [3.63, 3.8) is 0 Å². The molecule has 6 nitrogen and oxygen atoms in total. The molecule has 0 bridgehead atoms. The summed E-state index contributed by atoms with van der Waals surface area (Å²) in [5.41, 5.74) is 1.46. The Bertz CT molecular complexity index is 713. The van der Waals surface area contributed by atoms with Crippen LogP contribution in [-0.2, 0) is 16.2 Å². The zero-order chi connectivity index (χ0) is 17.7. The number of ether oxygens (including phenoxy) is 2. The van der Waals surface area contributed by atoms with Gasteiger partial charge in [0.15, 0.2) is 12.4 Å². The quantitative estimate of drug-likeness (QED) is 0.393. The van der Waals surface area contributed by atoms with Gasteiger partial charge in [-0.25, -0.2) is 4.79 Å². The van der Waals surface area contributed by atoms with E-state index in [2.05, 4.69) is 45.8 Å². The van der Waals surface area contributed by atoms with Crippen molar-refractivity contribution in [3.8, 4) is 11.3 Å². The lowest BCUT2D eigenvalue weighted by Gasteiger charge is -2.14. The predicted molar refractivity (Wildman–Crippen MR) is 98.6 cm³/mol. The SMILES string of the molecule is COC(=O)c1nn(COCC[Si](C)(C)C)nc1-c1cccc(Br)c1. The molecule has 0 atom stereocenters. The number of hydrogen-bond acceptors (Lipinski definition) is 5. The van der Waals surface area contributed by atoms with Gasteiger partial charge >= 0.3 is 5.97 Å². The van der Waals surface area contributed by atoms with E-state index in [1.807, 2.05) is 24.3 Å². The highest BCUT2D eigenvalue weighted by Crippen LogP contribution is 2.24. The first-order valence-corrected chi connectivity index (χ1v) is 12.2. The minimum atomic E-state index is -1.14. The molecule has 0 unspecified atom stereocenters. The Labute approximate surface area is 151 Å². The van der Waals surface area contributed by atoms with Crippen LogP contribution in [0, 0.1) is 0 Å². The lowest BCUT2D eigenvalue weighted by molar-refractivity contribution is 0.0575. The number of carbonyl (C=O) groups is 1. The summed E-state index contributed by atoms with van der Waals surface area (Å²) in [4.78, 5) is 13.4. The van der Waals surface area contributed by atoms with Crippen molar-refractivity contribution in [2.75, 3.05) is 13.7 Å². The van der Waals surface area contributed by atoms with Crippen molar-refractivity contribution in [3.05, 3.63) is 34.4 Å². The van der Waals surface area contributed by atoms with Gasteiger partial charge in [0.05, 0.1) is 7.11 Å². The van der Waals surface area contributed by atoms with Crippen molar-refractivity contribution in [2.24, 2.45) is 0 Å². The maximum atomic E-state index is 12.0. The summed E-state index contributed by atoms with van der Waals surface area (Å²) in [5, 5.41) is 8.62. The minimum Gasteiger partial charge on any atom is -0.464 e. The highest BCUT2D eigenvalue weighted by Gasteiger charge is 2.21. The zero-order valence-corrected chi connectivity index (χ0v) is 17.0. The van der Waals surface area contributed by atoms with Gasteiger partial charge in [-0.2, -0.15) is 9.90 Å². The molecule has 0 amide bonds. The molecule has 1 aromatic heterocycles. The van der Waals surface area contributed by atoms with E-state index in [1.165, 1.54) is 11.9 Å². The van der Waals surface area contributed by atoms with Crippen LogP contribution < -0.4 is 0 Å². The van der Waals surface area contributed by atoms with Crippen LogP contribution in [-0.4, -0.2) is 42.8 Å². The Morgan fingerprint density at radius 3 is 2.67 bits per heavy atom. The molecule has 0 aliphatic heterocycles. The second kappa shape index (κ2) is 8.04. The maximum absolute atomic E-state index is 12.0. The van der Waals surface area contributed by atoms with Crippen LogP contribution in [0.3, 0.4) is 0 Å². The standard InChI is InChI=1S/C16H22BrN3O3Si/c1-22-16(21)15-14(12-6-5-7-13(17)10-12)18-20(19-15)11-23-8-9-24(2,3)4/h5-7,10H,8-9,11H2,1-4H3. The molecular weight excluding hydrogens is 390 g/mol. The molecule has 2 aromatic rings. The number of esters is 1. The first kappa shape index (κ1) is 18.8. The molecule has 130 valence electrons. The molecule has 0 spiro atoms. The average molecular weight is 412 g/mol. The highest BCUT2D eigenvalue weighted by atomic mass is 79.9. The molecule has 0 radical (unpaired) electrons. The number of carbonyl (C=O) groups excluding carboxylic acids is 1. The minimum absolute atomic E-state index is 0.185. The third kappa shape index (κ3) is 5.25. The van der Waals surface area contributed by atoms with Crippen LogP contribution in [0.1, 0.15) is 10.5 Å². The number of halogens is 1. The molecule has 24 heavy (non-hydrogen) atoms. The monoisotopic (exact) mass is 411 g/mol. The number of methoxy groups -OCH3 is 1. The van der Waals surface area contributed by atoms with Gasteiger partial charge in [0.2, 0.25) is 0 Å². The fourth-order valence-corrected chi connectivity index (χ4v) is 3.15. The van der Waals surface area contributed by atoms with Gasteiger partial charge in [-0.05, 0) is 18.2 Å². The second-order valence-electron chi connectivity index (χ2n) is 6.62. The summed E-state index contributed by atoms with van der Waals surface area (Å²) in [7, 11) is 0.192. The van der Waals surface area contributed by atoms with E-state index < -0.39 is 14.0 Å². The lowest BCUT2D eigenvalue weighted by atomic mass is 10.1. The number of hydrogen-bond donors (Lipinski definition) is 0. The normalized spacial score (nSPS) is 11.5. The van der Waals surface area contributed by atoms with Crippen molar-refractivity contribution < 1.29 is 14.3 Å². The van der Waals surface area contributed by atoms with Crippen LogP contribution >= 0.6 is 15.9 Å². The maximum Gasteiger partial charge on any atom is 0.360 e.